The zero-order chi connectivity index (χ0) is 20.4. The van der Waals surface area contributed by atoms with Gasteiger partial charge in [-0.05, 0) is 48.0 Å². The van der Waals surface area contributed by atoms with Crippen molar-refractivity contribution >= 4 is 23.7 Å². The highest BCUT2D eigenvalue weighted by molar-refractivity contribution is 6.39. The van der Waals surface area contributed by atoms with Gasteiger partial charge in [0, 0.05) is 5.69 Å². The molecule has 0 spiro atoms. The minimum atomic E-state index is -0.898. The number of methoxy groups -OCH3 is 2. The summed E-state index contributed by atoms with van der Waals surface area (Å²) in [5.74, 6) is -0.0294. The molecule has 0 radical (unpaired) electrons. The van der Waals surface area contributed by atoms with Crippen molar-refractivity contribution in [2.24, 2.45) is 5.10 Å². The van der Waals surface area contributed by atoms with Crippen LogP contribution in [0, 0.1) is 0 Å². The summed E-state index contributed by atoms with van der Waals surface area (Å²) in [6.45, 7) is 3.94. The highest BCUT2D eigenvalue weighted by Crippen LogP contribution is 2.27. The van der Waals surface area contributed by atoms with Crippen molar-refractivity contribution in [1.29, 1.82) is 0 Å². The van der Waals surface area contributed by atoms with E-state index >= 15 is 0 Å². The highest BCUT2D eigenvalue weighted by atomic mass is 16.5. The molecule has 146 valence electrons. The number of amides is 2. The Balaban J connectivity index is 1.92. The number of nitrogens with zero attached hydrogens (tertiary/aromatic N) is 1. The molecule has 0 saturated heterocycles. The average molecular weight is 383 g/mol. The molecule has 0 atom stereocenters. The lowest BCUT2D eigenvalue weighted by molar-refractivity contribution is -0.136. The van der Waals surface area contributed by atoms with E-state index in [4.69, 9.17) is 14.2 Å². The van der Waals surface area contributed by atoms with E-state index in [0.717, 1.165) is 0 Å². The molecule has 2 N–H and O–H groups in total. The zero-order valence-electron chi connectivity index (χ0n) is 15.6. The van der Waals surface area contributed by atoms with Crippen LogP contribution >= 0.6 is 0 Å². The first kappa shape index (κ1) is 20.5. The van der Waals surface area contributed by atoms with Crippen LogP contribution in [0.3, 0.4) is 0 Å². The molecule has 0 fully saturated rings. The van der Waals surface area contributed by atoms with Gasteiger partial charge in [0.25, 0.3) is 0 Å². The summed E-state index contributed by atoms with van der Waals surface area (Å²) < 4.78 is 15.7. The van der Waals surface area contributed by atoms with Gasteiger partial charge in [0.1, 0.15) is 12.4 Å². The Morgan fingerprint density at radius 1 is 1.04 bits per heavy atom. The second-order valence-corrected chi connectivity index (χ2v) is 5.39. The summed E-state index contributed by atoms with van der Waals surface area (Å²) in [6, 6.07) is 11.7. The fraction of sp³-hybridized carbons (Fsp3) is 0.150. The van der Waals surface area contributed by atoms with Gasteiger partial charge < -0.3 is 19.5 Å². The van der Waals surface area contributed by atoms with Crippen molar-refractivity contribution in [3.8, 4) is 17.2 Å². The van der Waals surface area contributed by atoms with Crippen LogP contribution in [-0.2, 0) is 9.59 Å². The van der Waals surface area contributed by atoms with E-state index in [0.29, 0.717) is 35.1 Å². The van der Waals surface area contributed by atoms with E-state index in [1.807, 2.05) is 0 Å². The molecule has 2 rings (SSSR count). The van der Waals surface area contributed by atoms with Crippen LogP contribution < -0.4 is 25.0 Å². The standard InChI is InChI=1S/C20H21N3O5/c1-4-11-28-17-10-5-14(12-18(17)27-3)13-21-23-20(25)19(24)22-15-6-8-16(26-2)9-7-15/h4-10,12-13H,1,11H2,2-3H3,(H,22,24)(H,23,25)/b21-13-. The first-order valence-electron chi connectivity index (χ1n) is 8.27. The maximum atomic E-state index is 11.9. The maximum Gasteiger partial charge on any atom is 0.329 e. The maximum absolute atomic E-state index is 11.9. The molecule has 0 aromatic heterocycles. The minimum Gasteiger partial charge on any atom is -0.497 e. The number of anilines is 1. The highest BCUT2D eigenvalue weighted by Gasteiger charge is 2.13. The van der Waals surface area contributed by atoms with Crippen LogP contribution in [0.5, 0.6) is 17.2 Å². The van der Waals surface area contributed by atoms with E-state index in [9.17, 15) is 9.59 Å². The van der Waals surface area contributed by atoms with Gasteiger partial charge in [-0.25, -0.2) is 5.43 Å². The van der Waals surface area contributed by atoms with Gasteiger partial charge in [-0.1, -0.05) is 12.7 Å². The second kappa shape index (κ2) is 10.4. The second-order valence-electron chi connectivity index (χ2n) is 5.39. The topological polar surface area (TPSA) is 98.2 Å². The largest absolute Gasteiger partial charge is 0.497 e. The van der Waals surface area contributed by atoms with Crippen LogP contribution in [0.1, 0.15) is 5.56 Å². The average Bonchev–Trinajstić information content (AvgIpc) is 2.73. The lowest BCUT2D eigenvalue weighted by Crippen LogP contribution is -2.32. The number of rotatable bonds is 8. The van der Waals surface area contributed by atoms with Crippen molar-refractivity contribution < 1.29 is 23.8 Å². The molecular formula is C20H21N3O5. The van der Waals surface area contributed by atoms with E-state index in [1.165, 1.54) is 20.4 Å². The van der Waals surface area contributed by atoms with Crippen molar-refractivity contribution in [2.45, 2.75) is 0 Å². The first-order valence-corrected chi connectivity index (χ1v) is 8.27. The Labute approximate surface area is 162 Å². The third-order valence-corrected chi connectivity index (χ3v) is 3.48. The van der Waals surface area contributed by atoms with E-state index < -0.39 is 11.8 Å². The molecule has 0 unspecified atom stereocenters. The summed E-state index contributed by atoms with van der Waals surface area (Å²) >= 11 is 0. The molecule has 2 amide bonds. The van der Waals surface area contributed by atoms with Crippen LogP contribution in [0.2, 0.25) is 0 Å². The summed E-state index contributed by atoms with van der Waals surface area (Å²) in [6.07, 6.45) is 3.01. The lowest BCUT2D eigenvalue weighted by atomic mass is 10.2. The van der Waals surface area contributed by atoms with Gasteiger partial charge in [-0.2, -0.15) is 5.10 Å². The molecule has 8 heteroatoms. The smallest absolute Gasteiger partial charge is 0.329 e. The Hall–Kier alpha value is -3.81. The van der Waals surface area contributed by atoms with Gasteiger partial charge in [0.15, 0.2) is 11.5 Å². The Morgan fingerprint density at radius 3 is 2.43 bits per heavy atom. The van der Waals surface area contributed by atoms with Gasteiger partial charge in [-0.3, -0.25) is 9.59 Å². The molecule has 28 heavy (non-hydrogen) atoms. The molecule has 0 heterocycles. The predicted octanol–water partition coefficient (Wildman–Crippen LogP) is 2.36. The van der Waals surface area contributed by atoms with Gasteiger partial charge in [0.2, 0.25) is 0 Å². The number of carbonyl (C=O) groups is 2. The quantitative estimate of drug-likeness (QED) is 0.316. The monoisotopic (exact) mass is 383 g/mol. The Morgan fingerprint density at radius 2 is 1.79 bits per heavy atom. The van der Waals surface area contributed by atoms with E-state index in [-0.39, 0.29) is 0 Å². The van der Waals surface area contributed by atoms with Crippen LogP contribution in [0.25, 0.3) is 0 Å². The van der Waals surface area contributed by atoms with Gasteiger partial charge in [-0.15, -0.1) is 0 Å². The van der Waals surface area contributed by atoms with Gasteiger partial charge in [0.05, 0.1) is 20.4 Å². The van der Waals surface area contributed by atoms with Crippen LogP contribution in [0.4, 0.5) is 5.69 Å². The number of benzene rings is 2. The normalized spacial score (nSPS) is 10.2. The molecule has 0 bridgehead atoms. The zero-order valence-corrected chi connectivity index (χ0v) is 15.6. The van der Waals surface area contributed by atoms with Crippen molar-refractivity contribution in [3.05, 3.63) is 60.7 Å². The number of hydrogen-bond donors (Lipinski definition) is 2. The first-order chi connectivity index (χ1) is 13.6. The molecule has 0 aliphatic carbocycles. The van der Waals surface area contributed by atoms with Crippen molar-refractivity contribution in [3.63, 3.8) is 0 Å². The minimum absolute atomic E-state index is 0.350. The molecule has 2 aromatic rings. The summed E-state index contributed by atoms with van der Waals surface area (Å²) in [4.78, 5) is 23.7. The molecular weight excluding hydrogens is 362 g/mol. The lowest BCUT2D eigenvalue weighted by Gasteiger charge is -2.09. The molecule has 0 aliphatic rings. The molecule has 0 saturated carbocycles. The SMILES string of the molecule is C=CCOc1ccc(/C=N\NC(=O)C(=O)Nc2ccc(OC)cc2)cc1OC. The van der Waals surface area contributed by atoms with Crippen LogP contribution in [-0.4, -0.2) is 38.9 Å². The number of nitrogens with one attached hydrogen (secondary N) is 2. The van der Waals surface area contributed by atoms with E-state index in [2.05, 4.69) is 22.4 Å². The third kappa shape index (κ3) is 5.87. The number of hydrazone groups is 1. The third-order valence-electron chi connectivity index (χ3n) is 3.48. The Bertz CT molecular complexity index is 863. The Kier molecular flexibility index (Phi) is 7.59. The number of carbonyl (C=O) groups excluding carboxylic acids is 2. The van der Waals surface area contributed by atoms with Crippen molar-refractivity contribution in [1.82, 2.24) is 5.43 Å². The molecule has 8 nitrogen and oxygen atoms in total. The summed E-state index contributed by atoms with van der Waals surface area (Å²) in [5, 5.41) is 6.24. The summed E-state index contributed by atoms with van der Waals surface area (Å²) in [5.41, 5.74) is 3.28. The molecule has 0 aliphatic heterocycles. The fourth-order valence-electron chi connectivity index (χ4n) is 2.11. The number of hydrogen-bond acceptors (Lipinski definition) is 6. The number of ether oxygens (including phenoxy) is 3. The predicted molar refractivity (Wildman–Crippen MR) is 106 cm³/mol. The fourth-order valence-corrected chi connectivity index (χ4v) is 2.11. The van der Waals surface area contributed by atoms with Crippen LogP contribution in [0.15, 0.2) is 60.2 Å². The summed E-state index contributed by atoms with van der Waals surface area (Å²) in [7, 11) is 3.05. The van der Waals surface area contributed by atoms with E-state index in [1.54, 1.807) is 48.5 Å². The van der Waals surface area contributed by atoms with Crippen molar-refractivity contribution in [2.75, 3.05) is 26.1 Å². The molecule has 2 aromatic carbocycles. The van der Waals surface area contributed by atoms with Gasteiger partial charge >= 0.3 is 11.8 Å².